The fraction of sp³-hybridized carbons (Fsp3) is 0.480. The summed E-state index contributed by atoms with van der Waals surface area (Å²) >= 11 is 12.4. The van der Waals surface area contributed by atoms with Crippen molar-refractivity contribution in [2.75, 3.05) is 26.2 Å². The zero-order valence-electron chi connectivity index (χ0n) is 18.6. The number of carbonyl (C=O) groups excluding carboxylic acids is 1. The van der Waals surface area contributed by atoms with Crippen molar-refractivity contribution >= 4 is 29.1 Å². The first-order valence-electron chi connectivity index (χ1n) is 10.9. The third-order valence-electron chi connectivity index (χ3n) is 5.77. The largest absolute Gasteiger partial charge is 0.492 e. The monoisotopic (exact) mass is 462 g/mol. The number of rotatable bonds is 7. The summed E-state index contributed by atoms with van der Waals surface area (Å²) in [6.45, 7) is 10.1. The molecule has 0 aliphatic carbocycles. The van der Waals surface area contributed by atoms with Gasteiger partial charge >= 0.3 is 0 Å². The quantitative estimate of drug-likeness (QED) is 0.536. The highest BCUT2D eigenvalue weighted by molar-refractivity contribution is 6.42. The van der Waals surface area contributed by atoms with Crippen molar-refractivity contribution in [2.24, 2.45) is 5.92 Å². The van der Waals surface area contributed by atoms with Crippen LogP contribution in [0.2, 0.25) is 10.0 Å². The van der Waals surface area contributed by atoms with Crippen molar-refractivity contribution in [2.45, 2.75) is 45.6 Å². The van der Waals surface area contributed by atoms with E-state index in [1.54, 1.807) is 6.07 Å². The molecule has 0 radical (unpaired) electrons. The summed E-state index contributed by atoms with van der Waals surface area (Å²) < 4.78 is 5.77. The van der Waals surface area contributed by atoms with Gasteiger partial charge in [0.15, 0.2) is 0 Å². The van der Waals surface area contributed by atoms with Crippen LogP contribution in [-0.2, 0) is 16.8 Å². The van der Waals surface area contributed by atoms with E-state index in [0.29, 0.717) is 23.2 Å². The van der Waals surface area contributed by atoms with E-state index in [1.165, 1.54) is 5.56 Å². The second kappa shape index (κ2) is 10.7. The lowest BCUT2D eigenvalue weighted by molar-refractivity contribution is -0.126. The van der Waals surface area contributed by atoms with Crippen molar-refractivity contribution in [3.8, 4) is 5.75 Å². The molecule has 1 aliphatic rings. The van der Waals surface area contributed by atoms with Crippen molar-refractivity contribution in [3.05, 3.63) is 63.6 Å². The maximum Gasteiger partial charge on any atom is 0.223 e. The van der Waals surface area contributed by atoms with Gasteiger partial charge in [0.1, 0.15) is 12.4 Å². The van der Waals surface area contributed by atoms with Gasteiger partial charge in [-0.1, -0.05) is 68.2 Å². The maximum atomic E-state index is 12.5. The summed E-state index contributed by atoms with van der Waals surface area (Å²) in [5, 5.41) is 4.22. The molecular weight excluding hydrogens is 431 g/mol. The molecule has 4 nitrogen and oxygen atoms in total. The van der Waals surface area contributed by atoms with E-state index in [4.69, 9.17) is 27.9 Å². The van der Waals surface area contributed by atoms with Gasteiger partial charge in [-0.25, -0.2) is 0 Å². The lowest BCUT2D eigenvalue weighted by Gasteiger charge is -2.31. The summed E-state index contributed by atoms with van der Waals surface area (Å²) in [5.41, 5.74) is 2.43. The minimum atomic E-state index is 0.0529. The van der Waals surface area contributed by atoms with Gasteiger partial charge in [-0.05, 0) is 60.7 Å². The summed E-state index contributed by atoms with van der Waals surface area (Å²) in [4.78, 5) is 14.8. The number of halogens is 2. The molecule has 6 heteroatoms. The lowest BCUT2D eigenvalue weighted by atomic mass is 9.87. The standard InChI is InChI=1S/C25H32Cl2N2O2/c1-25(2,3)20-7-9-21(10-8-20)31-16-13-28-24(30)18-11-14-29(15-12-18)17-19-5-4-6-22(26)23(19)27/h4-10,18H,11-17H2,1-3H3,(H,28,30). The zero-order chi connectivity index (χ0) is 22.4. The van der Waals surface area contributed by atoms with Gasteiger partial charge in [0.2, 0.25) is 5.91 Å². The number of piperidine rings is 1. The molecule has 1 fully saturated rings. The van der Waals surface area contributed by atoms with Crippen LogP contribution in [0, 0.1) is 5.92 Å². The van der Waals surface area contributed by atoms with Gasteiger partial charge in [-0.2, -0.15) is 0 Å². The summed E-state index contributed by atoms with van der Waals surface area (Å²) in [6.07, 6.45) is 1.69. The molecule has 1 amide bonds. The van der Waals surface area contributed by atoms with Crippen LogP contribution in [0.3, 0.4) is 0 Å². The fourth-order valence-electron chi connectivity index (χ4n) is 3.80. The molecule has 0 bridgehead atoms. The van der Waals surface area contributed by atoms with Gasteiger partial charge in [-0.15, -0.1) is 0 Å². The lowest BCUT2D eigenvalue weighted by Crippen LogP contribution is -2.41. The predicted octanol–water partition coefficient (Wildman–Crippen LogP) is 5.70. The van der Waals surface area contributed by atoms with E-state index in [1.807, 2.05) is 24.3 Å². The van der Waals surface area contributed by atoms with Crippen LogP contribution in [0.5, 0.6) is 5.75 Å². The second-order valence-electron chi connectivity index (χ2n) is 9.18. The smallest absolute Gasteiger partial charge is 0.223 e. The number of carbonyl (C=O) groups is 1. The molecule has 0 saturated carbocycles. The Morgan fingerprint density at radius 1 is 1.10 bits per heavy atom. The summed E-state index contributed by atoms with van der Waals surface area (Å²) in [7, 11) is 0. The van der Waals surface area contributed by atoms with E-state index in [-0.39, 0.29) is 17.2 Å². The zero-order valence-corrected chi connectivity index (χ0v) is 20.1. The Balaban J connectivity index is 1.36. The number of nitrogens with zero attached hydrogens (tertiary/aromatic N) is 1. The third kappa shape index (κ3) is 6.86. The van der Waals surface area contributed by atoms with Crippen LogP contribution < -0.4 is 10.1 Å². The number of hydrogen-bond donors (Lipinski definition) is 1. The first-order chi connectivity index (χ1) is 14.7. The molecule has 0 spiro atoms. The van der Waals surface area contributed by atoms with Crippen molar-refractivity contribution in [3.63, 3.8) is 0 Å². The average molecular weight is 463 g/mol. The number of likely N-dealkylation sites (tertiary alicyclic amines) is 1. The van der Waals surface area contributed by atoms with Gasteiger partial charge in [0.25, 0.3) is 0 Å². The minimum absolute atomic E-state index is 0.0529. The fourth-order valence-corrected chi connectivity index (χ4v) is 4.18. The first kappa shape index (κ1) is 23.9. The Bertz CT molecular complexity index is 870. The molecule has 3 rings (SSSR count). The molecule has 2 aromatic carbocycles. The van der Waals surface area contributed by atoms with Gasteiger partial charge in [0, 0.05) is 12.5 Å². The Morgan fingerprint density at radius 2 is 1.77 bits per heavy atom. The molecule has 0 unspecified atom stereocenters. The van der Waals surface area contributed by atoms with E-state index in [0.717, 1.165) is 43.8 Å². The van der Waals surface area contributed by atoms with Gasteiger partial charge in [-0.3, -0.25) is 9.69 Å². The van der Waals surface area contributed by atoms with E-state index in [2.05, 4.69) is 43.1 Å². The Labute approximate surface area is 195 Å². The van der Waals surface area contributed by atoms with Crippen LogP contribution in [0.15, 0.2) is 42.5 Å². The SMILES string of the molecule is CC(C)(C)c1ccc(OCCNC(=O)C2CCN(Cc3cccc(Cl)c3Cl)CC2)cc1. The Kier molecular flexibility index (Phi) is 8.26. The van der Waals surface area contributed by atoms with Crippen molar-refractivity contribution in [1.29, 1.82) is 0 Å². The molecule has 1 heterocycles. The van der Waals surface area contributed by atoms with Gasteiger partial charge in [0.05, 0.1) is 16.6 Å². The molecule has 2 aromatic rings. The molecule has 0 aromatic heterocycles. The number of nitrogens with one attached hydrogen (secondary N) is 1. The molecule has 168 valence electrons. The number of hydrogen-bond acceptors (Lipinski definition) is 3. The molecule has 1 N–H and O–H groups in total. The predicted molar refractivity (Wildman–Crippen MR) is 128 cm³/mol. The van der Waals surface area contributed by atoms with E-state index in [9.17, 15) is 4.79 Å². The molecular formula is C25H32Cl2N2O2. The van der Waals surface area contributed by atoms with Crippen molar-refractivity contribution in [1.82, 2.24) is 10.2 Å². The molecule has 0 atom stereocenters. The Hall–Kier alpha value is -1.75. The van der Waals surface area contributed by atoms with Crippen LogP contribution in [-0.4, -0.2) is 37.0 Å². The highest BCUT2D eigenvalue weighted by atomic mass is 35.5. The normalized spacial score (nSPS) is 15.6. The van der Waals surface area contributed by atoms with Crippen LogP contribution >= 0.6 is 23.2 Å². The van der Waals surface area contributed by atoms with Crippen LogP contribution in [0.4, 0.5) is 0 Å². The van der Waals surface area contributed by atoms with Gasteiger partial charge < -0.3 is 10.1 Å². The third-order valence-corrected chi connectivity index (χ3v) is 6.63. The number of amides is 1. The maximum absolute atomic E-state index is 12.5. The highest BCUT2D eigenvalue weighted by Crippen LogP contribution is 2.28. The summed E-state index contributed by atoms with van der Waals surface area (Å²) in [5.74, 6) is 1.000. The minimum Gasteiger partial charge on any atom is -0.492 e. The first-order valence-corrected chi connectivity index (χ1v) is 11.7. The Morgan fingerprint density at radius 3 is 2.42 bits per heavy atom. The van der Waals surface area contributed by atoms with E-state index >= 15 is 0 Å². The van der Waals surface area contributed by atoms with Crippen LogP contribution in [0.1, 0.15) is 44.7 Å². The summed E-state index contributed by atoms with van der Waals surface area (Å²) in [6, 6.07) is 13.9. The topological polar surface area (TPSA) is 41.6 Å². The van der Waals surface area contributed by atoms with E-state index < -0.39 is 0 Å². The van der Waals surface area contributed by atoms with Crippen molar-refractivity contribution < 1.29 is 9.53 Å². The second-order valence-corrected chi connectivity index (χ2v) is 9.96. The number of ether oxygens (including phenoxy) is 1. The molecule has 1 saturated heterocycles. The average Bonchev–Trinajstić information content (AvgIpc) is 2.74. The highest BCUT2D eigenvalue weighted by Gasteiger charge is 2.25. The molecule has 31 heavy (non-hydrogen) atoms. The number of benzene rings is 2. The van der Waals surface area contributed by atoms with Crippen LogP contribution in [0.25, 0.3) is 0 Å². The molecule has 1 aliphatic heterocycles.